The van der Waals surface area contributed by atoms with Gasteiger partial charge in [0, 0.05) is 42.9 Å². The number of ether oxygens (including phenoxy) is 2. The summed E-state index contributed by atoms with van der Waals surface area (Å²) in [7, 11) is 0. The summed E-state index contributed by atoms with van der Waals surface area (Å²) in [5.74, 6) is -0.588. The Hall–Kier alpha value is -3.20. The predicted octanol–water partition coefficient (Wildman–Crippen LogP) is 5.35. The van der Waals surface area contributed by atoms with Crippen molar-refractivity contribution in [3.05, 3.63) is 59.8 Å². The number of benzene rings is 2. The molecule has 1 aromatic heterocycles. The molecule has 0 atom stereocenters. The van der Waals surface area contributed by atoms with Gasteiger partial charge in [0.2, 0.25) is 0 Å². The van der Waals surface area contributed by atoms with E-state index < -0.39 is 6.36 Å². The number of rotatable bonds is 10. The first-order valence-corrected chi connectivity index (χ1v) is 11.1. The van der Waals surface area contributed by atoms with Crippen molar-refractivity contribution in [1.82, 2.24) is 9.88 Å². The van der Waals surface area contributed by atoms with Gasteiger partial charge in [0.25, 0.3) is 5.91 Å². The van der Waals surface area contributed by atoms with E-state index in [-0.39, 0.29) is 23.6 Å². The highest BCUT2D eigenvalue weighted by Crippen LogP contribution is 2.27. The Morgan fingerprint density at radius 1 is 1.12 bits per heavy atom. The molecule has 0 fully saturated rings. The lowest BCUT2D eigenvalue weighted by Gasteiger charge is -2.25. The van der Waals surface area contributed by atoms with Gasteiger partial charge in [0.1, 0.15) is 11.4 Å². The molecule has 1 heterocycles. The van der Waals surface area contributed by atoms with Gasteiger partial charge in [-0.3, -0.25) is 4.79 Å². The van der Waals surface area contributed by atoms with Crippen molar-refractivity contribution in [3.63, 3.8) is 0 Å². The summed E-state index contributed by atoms with van der Waals surface area (Å²) in [6.45, 7) is 7.90. The van der Waals surface area contributed by atoms with Gasteiger partial charge < -0.3 is 25.1 Å². The number of anilines is 1. The molecule has 3 aromatic rings. The molecule has 2 aromatic carbocycles. The summed E-state index contributed by atoms with van der Waals surface area (Å²) in [6, 6.07) is 12.7. The number of aromatic nitrogens is 1. The quantitative estimate of drug-likeness (QED) is 0.305. The standard InChI is InChI=1S/C25H30F3N3O3/c1-4-33-11-10-24(2,3)16-30-23(32)22-14-18-13-19(29)8-9-21(18)31(22)15-17-6-5-7-20(12-17)34-25(26,27)28/h5-9,12-14H,4,10-11,15-16,29H2,1-3H3,(H,30,32). The second-order valence-electron chi connectivity index (χ2n) is 8.92. The molecule has 3 N–H and O–H groups in total. The van der Waals surface area contributed by atoms with Gasteiger partial charge in [-0.25, -0.2) is 0 Å². The Bertz CT molecular complexity index is 1140. The number of hydrogen-bond donors (Lipinski definition) is 2. The van der Waals surface area contributed by atoms with E-state index in [9.17, 15) is 18.0 Å². The Kier molecular flexibility index (Phi) is 7.76. The first-order chi connectivity index (χ1) is 16.0. The molecule has 184 valence electrons. The van der Waals surface area contributed by atoms with Crippen molar-refractivity contribution in [1.29, 1.82) is 0 Å². The molecule has 0 aliphatic carbocycles. The zero-order valence-corrected chi connectivity index (χ0v) is 19.5. The SMILES string of the molecule is CCOCCC(C)(C)CNC(=O)c1cc2cc(N)ccc2n1Cc1cccc(OC(F)(F)F)c1. The van der Waals surface area contributed by atoms with Crippen LogP contribution in [0.3, 0.4) is 0 Å². The molecule has 6 nitrogen and oxygen atoms in total. The average molecular weight is 478 g/mol. The molecule has 0 bridgehead atoms. The van der Waals surface area contributed by atoms with Crippen molar-refractivity contribution in [2.75, 3.05) is 25.5 Å². The molecule has 0 aliphatic rings. The maximum Gasteiger partial charge on any atom is 0.573 e. The fourth-order valence-electron chi connectivity index (χ4n) is 3.66. The van der Waals surface area contributed by atoms with E-state index in [1.54, 1.807) is 34.9 Å². The van der Waals surface area contributed by atoms with Crippen LogP contribution in [0.5, 0.6) is 5.75 Å². The maximum atomic E-state index is 13.2. The number of nitrogens with zero attached hydrogens (tertiary/aromatic N) is 1. The minimum Gasteiger partial charge on any atom is -0.406 e. The summed E-state index contributed by atoms with van der Waals surface area (Å²) in [5, 5.41) is 3.76. The number of nitrogens with two attached hydrogens (primary N) is 1. The van der Waals surface area contributed by atoms with Crippen LogP contribution in [0.15, 0.2) is 48.5 Å². The molecular weight excluding hydrogens is 447 g/mol. The molecule has 0 radical (unpaired) electrons. The van der Waals surface area contributed by atoms with Crippen LogP contribution in [-0.4, -0.2) is 36.6 Å². The van der Waals surface area contributed by atoms with Gasteiger partial charge in [0.15, 0.2) is 0 Å². The maximum absolute atomic E-state index is 13.2. The number of halogens is 3. The van der Waals surface area contributed by atoms with E-state index in [1.165, 1.54) is 18.2 Å². The monoisotopic (exact) mass is 477 g/mol. The Morgan fingerprint density at radius 2 is 1.88 bits per heavy atom. The van der Waals surface area contributed by atoms with E-state index >= 15 is 0 Å². The first kappa shape index (κ1) is 25.4. The van der Waals surface area contributed by atoms with Crippen molar-refractivity contribution in [2.24, 2.45) is 5.41 Å². The van der Waals surface area contributed by atoms with E-state index in [0.29, 0.717) is 36.7 Å². The average Bonchev–Trinajstić information content (AvgIpc) is 3.08. The number of fused-ring (bicyclic) bond motifs is 1. The molecular formula is C25H30F3N3O3. The molecule has 0 spiro atoms. The van der Waals surface area contributed by atoms with Gasteiger partial charge in [-0.1, -0.05) is 26.0 Å². The van der Waals surface area contributed by atoms with Crippen molar-refractivity contribution >= 4 is 22.5 Å². The van der Waals surface area contributed by atoms with Crippen LogP contribution >= 0.6 is 0 Å². The summed E-state index contributed by atoms with van der Waals surface area (Å²) in [6.07, 6.45) is -4.00. The third-order valence-electron chi connectivity index (χ3n) is 5.49. The molecule has 0 saturated heterocycles. The van der Waals surface area contributed by atoms with Gasteiger partial charge in [-0.05, 0) is 60.7 Å². The Labute approximate surface area is 196 Å². The second-order valence-corrected chi connectivity index (χ2v) is 8.92. The molecule has 0 saturated carbocycles. The molecule has 34 heavy (non-hydrogen) atoms. The minimum absolute atomic E-state index is 0.171. The van der Waals surface area contributed by atoms with Crippen molar-refractivity contribution in [3.8, 4) is 5.75 Å². The highest BCUT2D eigenvalue weighted by molar-refractivity contribution is 5.99. The van der Waals surface area contributed by atoms with Crippen LogP contribution < -0.4 is 15.8 Å². The third kappa shape index (κ3) is 6.90. The highest BCUT2D eigenvalue weighted by atomic mass is 19.4. The number of amides is 1. The zero-order valence-electron chi connectivity index (χ0n) is 19.5. The summed E-state index contributed by atoms with van der Waals surface area (Å²) >= 11 is 0. The molecule has 0 aliphatic heterocycles. The summed E-state index contributed by atoms with van der Waals surface area (Å²) < 4.78 is 49.2. The number of alkyl halides is 3. The largest absolute Gasteiger partial charge is 0.573 e. The molecule has 0 unspecified atom stereocenters. The second kappa shape index (κ2) is 10.4. The lowest BCUT2D eigenvalue weighted by Crippen LogP contribution is -2.35. The number of nitrogen functional groups attached to an aromatic ring is 1. The van der Waals surface area contributed by atoms with E-state index in [0.717, 1.165) is 17.3 Å². The minimum atomic E-state index is -4.78. The van der Waals surface area contributed by atoms with Gasteiger partial charge in [0.05, 0.1) is 0 Å². The van der Waals surface area contributed by atoms with Crippen LogP contribution in [0.25, 0.3) is 10.9 Å². The van der Waals surface area contributed by atoms with E-state index in [2.05, 4.69) is 23.9 Å². The van der Waals surface area contributed by atoms with E-state index in [4.69, 9.17) is 10.5 Å². The zero-order chi connectivity index (χ0) is 24.9. The predicted molar refractivity (Wildman–Crippen MR) is 126 cm³/mol. The lowest BCUT2D eigenvalue weighted by atomic mass is 9.89. The topological polar surface area (TPSA) is 78.5 Å². The van der Waals surface area contributed by atoms with Gasteiger partial charge >= 0.3 is 6.36 Å². The van der Waals surface area contributed by atoms with Crippen molar-refractivity contribution < 1.29 is 27.4 Å². The number of nitrogens with one attached hydrogen (secondary N) is 1. The smallest absolute Gasteiger partial charge is 0.406 e. The lowest BCUT2D eigenvalue weighted by molar-refractivity contribution is -0.274. The normalized spacial score (nSPS) is 12.2. The van der Waals surface area contributed by atoms with Gasteiger partial charge in [-0.2, -0.15) is 0 Å². The fraction of sp³-hybridized carbons (Fsp3) is 0.400. The Balaban J connectivity index is 1.87. The van der Waals surface area contributed by atoms with E-state index in [1.807, 2.05) is 6.92 Å². The van der Waals surface area contributed by atoms with Crippen molar-refractivity contribution in [2.45, 2.75) is 40.1 Å². The summed E-state index contributed by atoms with van der Waals surface area (Å²) in [5.41, 5.74) is 8.00. The molecule has 9 heteroatoms. The van der Waals surface area contributed by atoms with Crippen LogP contribution in [0.2, 0.25) is 0 Å². The Morgan fingerprint density at radius 3 is 2.59 bits per heavy atom. The molecule has 3 rings (SSSR count). The first-order valence-electron chi connectivity index (χ1n) is 11.1. The van der Waals surface area contributed by atoms with Crippen LogP contribution in [0.1, 0.15) is 43.2 Å². The van der Waals surface area contributed by atoms with Crippen LogP contribution in [0.4, 0.5) is 18.9 Å². The van der Waals surface area contributed by atoms with Gasteiger partial charge in [-0.15, -0.1) is 13.2 Å². The van der Waals surface area contributed by atoms with Crippen LogP contribution in [-0.2, 0) is 11.3 Å². The van der Waals surface area contributed by atoms with Crippen LogP contribution in [0, 0.1) is 5.41 Å². The third-order valence-corrected chi connectivity index (χ3v) is 5.49. The number of carbonyl (C=O) groups excluding carboxylic acids is 1. The number of hydrogen-bond acceptors (Lipinski definition) is 4. The number of carbonyl (C=O) groups is 1. The highest BCUT2D eigenvalue weighted by Gasteiger charge is 2.31. The fourth-order valence-corrected chi connectivity index (χ4v) is 3.66. The molecule has 1 amide bonds. The summed E-state index contributed by atoms with van der Waals surface area (Å²) in [4.78, 5) is 13.2.